The maximum Gasteiger partial charge on any atom is 0.318 e. The molecule has 3 amide bonds. The molecule has 3 aliphatic rings. The first-order valence-electron chi connectivity index (χ1n) is 16.2. The summed E-state index contributed by atoms with van der Waals surface area (Å²) in [5.74, 6) is -0.347. The highest BCUT2D eigenvalue weighted by Gasteiger charge is 2.50. The lowest BCUT2D eigenvalue weighted by atomic mass is 9.63. The standard InChI is InChI=1S/C33H51FN4O4/c1-5-27-21-38(22-28(6-2)35-27)32(41)36-29(20-24-12-14-26(34)15-13-24)30(39)37-18-16-33(17-19-37,31(40)42-23(3)4)25-10-8-7-9-11-25/h12-15,23,25,27-29,35H,5-11,16-22H2,1-4H3,(H,36,41)/t27-,28+,29-/m1/s1. The third kappa shape index (κ3) is 7.82. The highest BCUT2D eigenvalue weighted by Crippen LogP contribution is 2.47. The monoisotopic (exact) mass is 586 g/mol. The Morgan fingerprint density at radius 2 is 1.57 bits per heavy atom. The Morgan fingerprint density at radius 1 is 0.976 bits per heavy atom. The van der Waals surface area contributed by atoms with E-state index in [1.807, 2.05) is 18.7 Å². The molecular weight excluding hydrogens is 535 g/mol. The van der Waals surface area contributed by atoms with Crippen LogP contribution in [0.25, 0.3) is 0 Å². The zero-order valence-electron chi connectivity index (χ0n) is 26.0. The Hall–Kier alpha value is -2.68. The van der Waals surface area contributed by atoms with Crippen LogP contribution in [0.15, 0.2) is 24.3 Å². The van der Waals surface area contributed by atoms with Gasteiger partial charge in [-0.05, 0) is 76.0 Å². The van der Waals surface area contributed by atoms with Crippen LogP contribution in [0.4, 0.5) is 9.18 Å². The second kappa shape index (κ2) is 14.7. The summed E-state index contributed by atoms with van der Waals surface area (Å²) in [5.41, 5.74) is 0.213. The van der Waals surface area contributed by atoms with Crippen molar-refractivity contribution in [3.63, 3.8) is 0 Å². The molecule has 1 aliphatic carbocycles. The molecular formula is C33H51FN4O4. The van der Waals surface area contributed by atoms with E-state index in [2.05, 4.69) is 24.5 Å². The number of carbonyl (C=O) groups excluding carboxylic acids is 3. The maximum absolute atomic E-state index is 14.1. The van der Waals surface area contributed by atoms with E-state index in [4.69, 9.17) is 4.74 Å². The largest absolute Gasteiger partial charge is 0.463 e. The molecule has 3 atom stereocenters. The van der Waals surface area contributed by atoms with Crippen LogP contribution < -0.4 is 10.6 Å². The first-order valence-corrected chi connectivity index (χ1v) is 16.2. The van der Waals surface area contributed by atoms with Gasteiger partial charge >= 0.3 is 12.0 Å². The fourth-order valence-electron chi connectivity index (χ4n) is 7.11. The number of urea groups is 1. The lowest BCUT2D eigenvalue weighted by molar-refractivity contribution is -0.170. The van der Waals surface area contributed by atoms with E-state index in [-0.39, 0.29) is 54.3 Å². The Morgan fingerprint density at radius 3 is 2.12 bits per heavy atom. The minimum absolute atomic E-state index is 0.123. The van der Waals surface area contributed by atoms with Gasteiger partial charge < -0.3 is 25.2 Å². The number of esters is 1. The van der Waals surface area contributed by atoms with Crippen LogP contribution in [-0.4, -0.2) is 78.1 Å². The normalized spacial score (nSPS) is 23.9. The van der Waals surface area contributed by atoms with Gasteiger partial charge in [-0.15, -0.1) is 0 Å². The topological polar surface area (TPSA) is 91.0 Å². The van der Waals surface area contributed by atoms with Crippen molar-refractivity contribution in [3.8, 4) is 0 Å². The number of hydrogen-bond acceptors (Lipinski definition) is 5. The minimum Gasteiger partial charge on any atom is -0.463 e. The summed E-state index contributed by atoms with van der Waals surface area (Å²) in [6.07, 6.45) is 8.54. The summed E-state index contributed by atoms with van der Waals surface area (Å²) in [4.78, 5) is 44.7. The number of piperidine rings is 1. The van der Waals surface area contributed by atoms with Gasteiger partial charge in [0.2, 0.25) is 5.91 Å². The Bertz CT molecular complexity index is 1040. The molecule has 0 bridgehead atoms. The number of hydrogen-bond donors (Lipinski definition) is 2. The zero-order valence-corrected chi connectivity index (χ0v) is 26.0. The van der Waals surface area contributed by atoms with Crippen molar-refractivity contribution in [3.05, 3.63) is 35.6 Å². The van der Waals surface area contributed by atoms with Crippen LogP contribution >= 0.6 is 0 Å². The summed E-state index contributed by atoms with van der Waals surface area (Å²) in [5, 5.41) is 6.65. The van der Waals surface area contributed by atoms with Crippen LogP contribution in [0.2, 0.25) is 0 Å². The lowest BCUT2D eigenvalue weighted by Gasteiger charge is -2.46. The molecule has 1 aromatic rings. The number of carbonyl (C=O) groups is 3. The number of nitrogens with one attached hydrogen (secondary N) is 2. The Balaban J connectivity index is 1.50. The third-order valence-corrected chi connectivity index (χ3v) is 9.68. The molecule has 234 valence electrons. The fraction of sp³-hybridized carbons (Fsp3) is 0.727. The highest BCUT2D eigenvalue weighted by molar-refractivity contribution is 5.88. The molecule has 0 aromatic heterocycles. The van der Waals surface area contributed by atoms with Crippen LogP contribution in [-0.2, 0) is 20.7 Å². The predicted octanol–water partition coefficient (Wildman–Crippen LogP) is 5.05. The first-order chi connectivity index (χ1) is 20.1. The molecule has 2 heterocycles. The molecule has 1 aromatic carbocycles. The Labute approximate surface area is 251 Å². The molecule has 2 saturated heterocycles. The Kier molecular flexibility index (Phi) is 11.3. The average molecular weight is 587 g/mol. The summed E-state index contributed by atoms with van der Waals surface area (Å²) in [6.45, 7) is 10.0. The SMILES string of the molecule is CC[C@@H]1CN(C(=O)N[C@H](Cc2ccc(F)cc2)C(=O)N2CCC(C(=O)OC(C)C)(C3CCCCC3)CC2)C[C@H](CC)N1. The van der Waals surface area contributed by atoms with Crippen LogP contribution in [0.5, 0.6) is 0 Å². The summed E-state index contributed by atoms with van der Waals surface area (Å²) in [6, 6.07) is 5.48. The van der Waals surface area contributed by atoms with Gasteiger partial charge in [0.1, 0.15) is 11.9 Å². The second-order valence-corrected chi connectivity index (χ2v) is 12.9. The van der Waals surface area contributed by atoms with Crippen molar-refractivity contribution >= 4 is 17.9 Å². The molecule has 2 aliphatic heterocycles. The number of amides is 3. The molecule has 4 rings (SSSR count). The summed E-state index contributed by atoms with van der Waals surface area (Å²) in [7, 11) is 0. The van der Waals surface area contributed by atoms with Gasteiger partial charge in [0.25, 0.3) is 0 Å². The van der Waals surface area contributed by atoms with E-state index in [1.54, 1.807) is 17.0 Å². The van der Waals surface area contributed by atoms with Crippen molar-refractivity contribution in [2.75, 3.05) is 26.2 Å². The molecule has 2 N–H and O–H groups in total. The fourth-order valence-corrected chi connectivity index (χ4v) is 7.11. The summed E-state index contributed by atoms with van der Waals surface area (Å²) < 4.78 is 19.4. The molecule has 9 heteroatoms. The molecule has 0 spiro atoms. The van der Waals surface area contributed by atoms with E-state index in [9.17, 15) is 18.8 Å². The number of likely N-dealkylation sites (tertiary alicyclic amines) is 1. The van der Waals surface area contributed by atoms with Gasteiger partial charge in [-0.3, -0.25) is 9.59 Å². The van der Waals surface area contributed by atoms with Gasteiger partial charge in [0, 0.05) is 44.7 Å². The maximum atomic E-state index is 14.1. The first kappa shape index (κ1) is 32.2. The molecule has 3 fully saturated rings. The van der Waals surface area contributed by atoms with E-state index < -0.39 is 11.5 Å². The van der Waals surface area contributed by atoms with Crippen LogP contribution in [0, 0.1) is 17.2 Å². The highest BCUT2D eigenvalue weighted by atomic mass is 19.1. The number of halogens is 1. The van der Waals surface area contributed by atoms with Crippen molar-refractivity contribution in [2.24, 2.45) is 11.3 Å². The van der Waals surface area contributed by atoms with Crippen molar-refractivity contribution in [1.82, 2.24) is 20.4 Å². The molecule has 8 nitrogen and oxygen atoms in total. The lowest BCUT2D eigenvalue weighted by Crippen LogP contribution is -2.62. The molecule has 0 unspecified atom stereocenters. The van der Waals surface area contributed by atoms with E-state index in [1.165, 1.54) is 18.6 Å². The minimum atomic E-state index is -0.789. The van der Waals surface area contributed by atoms with Crippen molar-refractivity contribution < 1.29 is 23.5 Å². The van der Waals surface area contributed by atoms with Gasteiger partial charge in [-0.25, -0.2) is 9.18 Å². The van der Waals surface area contributed by atoms with Gasteiger partial charge in [-0.2, -0.15) is 0 Å². The van der Waals surface area contributed by atoms with Crippen molar-refractivity contribution in [2.45, 2.75) is 116 Å². The molecule has 1 saturated carbocycles. The van der Waals surface area contributed by atoms with Crippen LogP contribution in [0.1, 0.15) is 91.0 Å². The third-order valence-electron chi connectivity index (χ3n) is 9.68. The zero-order chi connectivity index (χ0) is 30.3. The molecule has 42 heavy (non-hydrogen) atoms. The molecule has 0 radical (unpaired) electrons. The quantitative estimate of drug-likeness (QED) is 0.396. The van der Waals surface area contributed by atoms with Gasteiger partial charge in [0.15, 0.2) is 0 Å². The predicted molar refractivity (Wildman–Crippen MR) is 161 cm³/mol. The van der Waals surface area contributed by atoms with E-state index in [0.717, 1.165) is 44.1 Å². The van der Waals surface area contributed by atoms with E-state index in [0.29, 0.717) is 39.0 Å². The summed E-state index contributed by atoms with van der Waals surface area (Å²) >= 11 is 0. The number of nitrogens with zero attached hydrogens (tertiary/aromatic N) is 2. The van der Waals surface area contributed by atoms with Crippen molar-refractivity contribution in [1.29, 1.82) is 0 Å². The average Bonchev–Trinajstić information content (AvgIpc) is 3.01. The number of rotatable bonds is 9. The van der Waals surface area contributed by atoms with Crippen LogP contribution in [0.3, 0.4) is 0 Å². The van der Waals surface area contributed by atoms with Gasteiger partial charge in [0.05, 0.1) is 11.5 Å². The number of piperazine rings is 1. The van der Waals surface area contributed by atoms with E-state index >= 15 is 0 Å². The smallest absolute Gasteiger partial charge is 0.318 e. The van der Waals surface area contributed by atoms with Gasteiger partial charge in [-0.1, -0.05) is 45.2 Å². The number of ether oxygens (including phenoxy) is 1. The second-order valence-electron chi connectivity index (χ2n) is 12.9. The number of benzene rings is 1.